The molecule has 2 aliphatic heterocycles. The van der Waals surface area contributed by atoms with Crippen molar-refractivity contribution in [3.63, 3.8) is 0 Å². The number of likely N-dealkylation sites (tertiary alicyclic amines) is 1. The Kier molecular flexibility index (Phi) is 3.04. The molecule has 0 saturated carbocycles. The van der Waals surface area contributed by atoms with E-state index in [1.54, 1.807) is 0 Å². The topological polar surface area (TPSA) is 32.7 Å². The Morgan fingerprint density at radius 3 is 3.00 bits per heavy atom. The fraction of sp³-hybridized carbons (Fsp3) is 0.571. The molecule has 0 amide bonds. The van der Waals surface area contributed by atoms with Crippen LogP contribution in [0.15, 0.2) is 24.3 Å². The van der Waals surface area contributed by atoms with Crippen molar-refractivity contribution in [3.8, 4) is 5.75 Å². The highest BCUT2D eigenvalue weighted by atomic mass is 16.5. The van der Waals surface area contributed by atoms with Crippen molar-refractivity contribution < 1.29 is 9.84 Å². The summed E-state index contributed by atoms with van der Waals surface area (Å²) in [5.41, 5.74) is 1.32. The summed E-state index contributed by atoms with van der Waals surface area (Å²) in [6.07, 6.45) is 2.19. The van der Waals surface area contributed by atoms with Crippen molar-refractivity contribution in [2.24, 2.45) is 5.92 Å². The van der Waals surface area contributed by atoms with E-state index in [1.165, 1.54) is 5.56 Å². The zero-order chi connectivity index (χ0) is 11.7. The molecular formula is C14H19NO2. The van der Waals surface area contributed by atoms with Gasteiger partial charge >= 0.3 is 0 Å². The van der Waals surface area contributed by atoms with Crippen LogP contribution < -0.4 is 4.74 Å². The minimum atomic E-state index is 0.321. The first-order chi connectivity index (χ1) is 8.38. The number of fused-ring (bicyclic) bond motifs is 1. The van der Waals surface area contributed by atoms with Gasteiger partial charge in [-0.2, -0.15) is 0 Å². The van der Waals surface area contributed by atoms with Gasteiger partial charge in [0.2, 0.25) is 0 Å². The second-order valence-electron chi connectivity index (χ2n) is 5.02. The fourth-order valence-electron chi connectivity index (χ4n) is 3.00. The number of aliphatic hydroxyl groups excluding tert-OH is 1. The molecule has 2 aliphatic rings. The van der Waals surface area contributed by atoms with Crippen LogP contribution in [-0.4, -0.2) is 36.3 Å². The number of hydrogen-bond acceptors (Lipinski definition) is 3. The molecule has 1 aromatic carbocycles. The predicted octanol–water partition coefficient (Wildman–Crippen LogP) is 1.82. The predicted molar refractivity (Wildman–Crippen MR) is 66.1 cm³/mol. The van der Waals surface area contributed by atoms with E-state index in [9.17, 15) is 5.11 Å². The molecule has 0 aromatic heterocycles. The third-order valence-corrected chi connectivity index (χ3v) is 3.94. The van der Waals surface area contributed by atoms with Gasteiger partial charge in [0.25, 0.3) is 0 Å². The van der Waals surface area contributed by atoms with E-state index in [1.807, 2.05) is 6.07 Å². The average Bonchev–Trinajstić information content (AvgIpc) is 2.87. The first-order valence-corrected chi connectivity index (χ1v) is 6.45. The molecule has 1 fully saturated rings. The minimum absolute atomic E-state index is 0.321. The lowest BCUT2D eigenvalue weighted by atomic mass is 9.99. The van der Waals surface area contributed by atoms with E-state index in [0.717, 1.165) is 38.3 Å². The van der Waals surface area contributed by atoms with Crippen molar-refractivity contribution in [1.82, 2.24) is 4.90 Å². The summed E-state index contributed by atoms with van der Waals surface area (Å²) in [6, 6.07) is 8.82. The van der Waals surface area contributed by atoms with Crippen molar-refractivity contribution in [2.45, 2.75) is 18.9 Å². The summed E-state index contributed by atoms with van der Waals surface area (Å²) in [7, 11) is 0. The molecule has 0 spiro atoms. The molecule has 1 N–H and O–H groups in total. The summed E-state index contributed by atoms with van der Waals surface area (Å²) in [5, 5.41) is 9.23. The molecule has 3 nitrogen and oxygen atoms in total. The number of hydrogen-bond donors (Lipinski definition) is 1. The summed E-state index contributed by atoms with van der Waals surface area (Å²) in [6.45, 7) is 3.25. The smallest absolute Gasteiger partial charge is 0.124 e. The highest BCUT2D eigenvalue weighted by Gasteiger charge is 2.31. The molecule has 2 heterocycles. The molecule has 0 aliphatic carbocycles. The monoisotopic (exact) mass is 233 g/mol. The van der Waals surface area contributed by atoms with E-state index in [-0.39, 0.29) is 0 Å². The van der Waals surface area contributed by atoms with Crippen molar-refractivity contribution in [2.75, 3.05) is 26.3 Å². The Morgan fingerprint density at radius 1 is 1.29 bits per heavy atom. The Bertz CT molecular complexity index is 394. The molecule has 0 radical (unpaired) electrons. The highest BCUT2D eigenvalue weighted by Crippen LogP contribution is 2.37. The standard InChI is InChI=1S/C14H19NO2/c16-10-11-5-7-15(9-11)13-6-8-17-14-4-2-1-3-12(13)14/h1-4,11,13,16H,5-10H2. The zero-order valence-electron chi connectivity index (χ0n) is 10.0. The van der Waals surface area contributed by atoms with Crippen LogP contribution in [0.4, 0.5) is 0 Å². The average molecular weight is 233 g/mol. The van der Waals surface area contributed by atoms with Crippen LogP contribution in [0.3, 0.4) is 0 Å². The van der Waals surface area contributed by atoms with E-state index in [4.69, 9.17) is 4.74 Å². The maximum Gasteiger partial charge on any atom is 0.124 e. The third kappa shape index (κ3) is 2.05. The lowest BCUT2D eigenvalue weighted by Crippen LogP contribution is -2.31. The van der Waals surface area contributed by atoms with Crippen LogP contribution in [0.1, 0.15) is 24.4 Å². The lowest BCUT2D eigenvalue weighted by molar-refractivity contribution is 0.152. The van der Waals surface area contributed by atoms with Gasteiger partial charge in [-0.3, -0.25) is 4.90 Å². The van der Waals surface area contributed by atoms with Gasteiger partial charge in [0.05, 0.1) is 6.61 Å². The molecule has 1 aromatic rings. The van der Waals surface area contributed by atoms with Gasteiger partial charge in [0.1, 0.15) is 5.75 Å². The van der Waals surface area contributed by atoms with E-state index >= 15 is 0 Å². The lowest BCUT2D eigenvalue weighted by Gasteiger charge is -2.33. The normalized spacial score (nSPS) is 28.8. The van der Waals surface area contributed by atoms with Crippen LogP contribution in [-0.2, 0) is 0 Å². The summed E-state index contributed by atoms with van der Waals surface area (Å²) in [5.74, 6) is 1.50. The number of ether oxygens (including phenoxy) is 1. The summed E-state index contributed by atoms with van der Waals surface area (Å²) in [4.78, 5) is 2.50. The van der Waals surface area contributed by atoms with Crippen LogP contribution in [0.5, 0.6) is 5.75 Å². The van der Waals surface area contributed by atoms with Gasteiger partial charge in [0, 0.05) is 31.2 Å². The second-order valence-corrected chi connectivity index (χ2v) is 5.02. The molecule has 1 saturated heterocycles. The van der Waals surface area contributed by atoms with Gasteiger partial charge in [-0.15, -0.1) is 0 Å². The third-order valence-electron chi connectivity index (χ3n) is 3.94. The number of aliphatic hydroxyl groups is 1. The number of rotatable bonds is 2. The summed E-state index contributed by atoms with van der Waals surface area (Å²) >= 11 is 0. The molecule has 2 atom stereocenters. The van der Waals surface area contributed by atoms with Crippen LogP contribution in [0.2, 0.25) is 0 Å². The highest BCUT2D eigenvalue weighted by molar-refractivity contribution is 5.37. The molecule has 17 heavy (non-hydrogen) atoms. The fourth-order valence-corrected chi connectivity index (χ4v) is 3.00. The summed E-state index contributed by atoms with van der Waals surface area (Å²) < 4.78 is 5.69. The zero-order valence-corrected chi connectivity index (χ0v) is 10.0. The van der Waals surface area contributed by atoms with Crippen molar-refractivity contribution >= 4 is 0 Å². The molecule has 2 unspecified atom stereocenters. The van der Waals surface area contributed by atoms with Gasteiger partial charge < -0.3 is 9.84 Å². The van der Waals surface area contributed by atoms with Gasteiger partial charge in [-0.25, -0.2) is 0 Å². The number of para-hydroxylation sites is 1. The van der Waals surface area contributed by atoms with Gasteiger partial charge in [-0.1, -0.05) is 18.2 Å². The van der Waals surface area contributed by atoms with Crippen LogP contribution >= 0.6 is 0 Å². The van der Waals surface area contributed by atoms with Crippen LogP contribution in [0, 0.1) is 5.92 Å². The van der Waals surface area contributed by atoms with E-state index in [0.29, 0.717) is 18.6 Å². The number of nitrogens with zero attached hydrogens (tertiary/aromatic N) is 1. The molecule has 92 valence electrons. The van der Waals surface area contributed by atoms with Gasteiger partial charge in [0.15, 0.2) is 0 Å². The molecule has 3 heteroatoms. The van der Waals surface area contributed by atoms with E-state index in [2.05, 4.69) is 23.1 Å². The Hall–Kier alpha value is -1.06. The maximum absolute atomic E-state index is 9.23. The maximum atomic E-state index is 9.23. The molecular weight excluding hydrogens is 214 g/mol. The van der Waals surface area contributed by atoms with Crippen molar-refractivity contribution in [1.29, 1.82) is 0 Å². The first-order valence-electron chi connectivity index (χ1n) is 6.45. The second kappa shape index (κ2) is 4.67. The van der Waals surface area contributed by atoms with Crippen LogP contribution in [0.25, 0.3) is 0 Å². The quantitative estimate of drug-likeness (QED) is 0.846. The largest absolute Gasteiger partial charge is 0.493 e. The minimum Gasteiger partial charge on any atom is -0.493 e. The van der Waals surface area contributed by atoms with Gasteiger partial charge in [-0.05, 0) is 24.9 Å². The Labute approximate surface area is 102 Å². The SMILES string of the molecule is OCC1CCN(C2CCOc3ccccc32)C1. The Morgan fingerprint density at radius 2 is 2.18 bits per heavy atom. The first kappa shape index (κ1) is 11.1. The Balaban J connectivity index is 1.81. The molecule has 3 rings (SSSR count). The number of benzene rings is 1. The molecule has 0 bridgehead atoms. The van der Waals surface area contributed by atoms with E-state index < -0.39 is 0 Å². The van der Waals surface area contributed by atoms with Crippen molar-refractivity contribution in [3.05, 3.63) is 29.8 Å².